The summed E-state index contributed by atoms with van der Waals surface area (Å²) >= 11 is 7.34. The second kappa shape index (κ2) is 12.7. The van der Waals surface area contributed by atoms with E-state index < -0.39 is 6.10 Å². The van der Waals surface area contributed by atoms with E-state index in [2.05, 4.69) is 31.6 Å². The summed E-state index contributed by atoms with van der Waals surface area (Å²) in [5, 5.41) is 17.1. The highest BCUT2D eigenvalue weighted by atomic mass is 127. The predicted molar refractivity (Wildman–Crippen MR) is 131 cm³/mol. The van der Waals surface area contributed by atoms with Crippen LogP contribution in [-0.4, -0.2) is 53.2 Å². The van der Waals surface area contributed by atoms with Crippen molar-refractivity contribution in [1.29, 1.82) is 0 Å². The van der Waals surface area contributed by atoms with Crippen LogP contribution < -0.4 is 10.6 Å². The molecule has 3 N–H and O–H groups in total. The third-order valence-corrected chi connectivity index (χ3v) is 6.06. The number of aliphatic imine (C=N–C) groups is 1. The maximum absolute atomic E-state index is 10.3. The highest BCUT2D eigenvalue weighted by Gasteiger charge is 2.20. The average molecular weight is 550 g/mol. The largest absolute Gasteiger partial charge is 0.386 e. The number of thiophene rings is 1. The fourth-order valence-corrected chi connectivity index (χ4v) is 4.28. The van der Waals surface area contributed by atoms with Crippen LogP contribution >= 0.6 is 46.9 Å². The smallest absolute Gasteiger partial charge is 0.191 e. The van der Waals surface area contributed by atoms with Crippen molar-refractivity contribution in [3.05, 3.63) is 51.4 Å². The van der Waals surface area contributed by atoms with E-state index in [-0.39, 0.29) is 24.0 Å². The van der Waals surface area contributed by atoms with Crippen LogP contribution in [-0.2, 0) is 6.54 Å². The first-order chi connectivity index (χ1) is 13.6. The normalized spacial score (nSPS) is 16.9. The van der Waals surface area contributed by atoms with Crippen LogP contribution in [0, 0.1) is 0 Å². The number of aliphatic hydroxyl groups is 1. The Hall–Kier alpha value is -0.940. The first-order valence-corrected chi connectivity index (χ1v) is 10.9. The lowest BCUT2D eigenvalue weighted by Crippen LogP contribution is -2.48. The molecule has 2 aromatic heterocycles. The predicted octanol–water partition coefficient (Wildman–Crippen LogP) is 3.67. The van der Waals surface area contributed by atoms with E-state index in [9.17, 15) is 5.11 Å². The second-order valence-corrected chi connectivity index (χ2v) is 8.64. The molecule has 2 aromatic rings. The van der Waals surface area contributed by atoms with Gasteiger partial charge in [0.05, 0.1) is 16.6 Å². The van der Waals surface area contributed by atoms with E-state index in [1.807, 2.05) is 31.3 Å². The first-order valence-electron chi connectivity index (χ1n) is 9.74. The third-order valence-electron chi connectivity index (χ3n) is 4.73. The van der Waals surface area contributed by atoms with Gasteiger partial charge in [0, 0.05) is 43.3 Å². The van der Waals surface area contributed by atoms with Crippen molar-refractivity contribution in [2.24, 2.45) is 4.99 Å². The molecule has 0 saturated carbocycles. The van der Waals surface area contributed by atoms with Crippen LogP contribution in [0.2, 0.25) is 4.34 Å². The van der Waals surface area contributed by atoms with Gasteiger partial charge in [-0.1, -0.05) is 17.7 Å². The van der Waals surface area contributed by atoms with Gasteiger partial charge < -0.3 is 15.7 Å². The summed E-state index contributed by atoms with van der Waals surface area (Å²) in [6.45, 7) is 6.10. The quantitative estimate of drug-likeness (QED) is 0.279. The zero-order chi connectivity index (χ0) is 19.8. The Bertz CT molecular complexity index is 752. The van der Waals surface area contributed by atoms with E-state index in [0.717, 1.165) is 55.6 Å². The molecule has 1 unspecified atom stereocenters. The number of hydrogen-bond donors (Lipinski definition) is 3. The number of likely N-dealkylation sites (tertiary alicyclic amines) is 1. The Labute approximate surface area is 198 Å². The van der Waals surface area contributed by atoms with E-state index in [4.69, 9.17) is 11.6 Å². The molecular formula is C20H29ClIN5OS. The Morgan fingerprint density at radius 1 is 1.34 bits per heavy atom. The highest BCUT2D eigenvalue weighted by Crippen LogP contribution is 2.26. The zero-order valence-corrected chi connectivity index (χ0v) is 20.5. The minimum Gasteiger partial charge on any atom is -0.386 e. The average Bonchev–Trinajstić information content (AvgIpc) is 3.15. The summed E-state index contributed by atoms with van der Waals surface area (Å²) in [5.41, 5.74) is 1.12. The Morgan fingerprint density at radius 2 is 2.14 bits per heavy atom. The molecule has 9 heteroatoms. The SMILES string of the molecule is CCNC(=NCC(O)c1ccc(Cl)s1)NC1CCN(Cc2ccccn2)CC1.I. The van der Waals surface area contributed by atoms with Crippen molar-refractivity contribution >= 4 is 52.9 Å². The Kier molecular flexibility index (Phi) is 10.6. The molecule has 1 atom stereocenters. The van der Waals surface area contributed by atoms with Gasteiger partial charge in [0.2, 0.25) is 0 Å². The molecular weight excluding hydrogens is 521 g/mol. The number of halogens is 2. The highest BCUT2D eigenvalue weighted by molar-refractivity contribution is 14.0. The minimum absolute atomic E-state index is 0. The van der Waals surface area contributed by atoms with Gasteiger partial charge in [0.1, 0.15) is 6.10 Å². The van der Waals surface area contributed by atoms with Crippen molar-refractivity contribution in [3.8, 4) is 0 Å². The maximum Gasteiger partial charge on any atom is 0.191 e. The van der Waals surface area contributed by atoms with Crippen LogP contribution in [0.15, 0.2) is 41.5 Å². The Balaban J connectivity index is 0.00000300. The monoisotopic (exact) mass is 549 g/mol. The second-order valence-electron chi connectivity index (χ2n) is 6.89. The van der Waals surface area contributed by atoms with Gasteiger partial charge in [-0.3, -0.25) is 14.9 Å². The molecule has 1 aliphatic heterocycles. The van der Waals surface area contributed by atoms with Crippen LogP contribution in [0.1, 0.15) is 36.4 Å². The first kappa shape index (κ1) is 24.3. The standard InChI is InChI=1S/C20H28ClN5OS.HI/c1-2-22-20(24-13-17(27)18-6-7-19(21)28-18)25-15-8-11-26(12-9-15)14-16-5-3-4-10-23-16;/h3-7,10,15,17,27H,2,8-9,11-14H2,1H3,(H2,22,24,25);1H. The Morgan fingerprint density at radius 3 is 2.76 bits per heavy atom. The molecule has 3 heterocycles. The molecule has 160 valence electrons. The molecule has 0 aromatic carbocycles. The van der Waals surface area contributed by atoms with Crippen molar-refractivity contribution in [2.75, 3.05) is 26.2 Å². The fourth-order valence-electron chi connectivity index (χ4n) is 3.24. The van der Waals surface area contributed by atoms with Gasteiger partial charge in [-0.05, 0) is 44.0 Å². The van der Waals surface area contributed by atoms with Crippen molar-refractivity contribution in [2.45, 2.75) is 38.5 Å². The molecule has 3 rings (SSSR count). The molecule has 6 nitrogen and oxygen atoms in total. The number of aliphatic hydroxyl groups excluding tert-OH is 1. The van der Waals surface area contributed by atoms with E-state index in [1.165, 1.54) is 11.3 Å². The van der Waals surface area contributed by atoms with Crippen LogP contribution in [0.4, 0.5) is 0 Å². The summed E-state index contributed by atoms with van der Waals surface area (Å²) in [5.74, 6) is 0.757. The van der Waals surface area contributed by atoms with Gasteiger partial charge in [-0.2, -0.15) is 0 Å². The molecule has 29 heavy (non-hydrogen) atoms. The lowest BCUT2D eigenvalue weighted by Gasteiger charge is -2.32. The van der Waals surface area contributed by atoms with Crippen molar-refractivity contribution < 1.29 is 5.11 Å². The van der Waals surface area contributed by atoms with E-state index in [1.54, 1.807) is 6.07 Å². The molecule has 0 spiro atoms. The van der Waals surface area contributed by atoms with Gasteiger partial charge in [0.15, 0.2) is 5.96 Å². The molecule has 0 aliphatic carbocycles. The number of hydrogen-bond acceptors (Lipinski definition) is 5. The fraction of sp³-hybridized carbons (Fsp3) is 0.500. The van der Waals surface area contributed by atoms with Gasteiger partial charge in [-0.25, -0.2) is 0 Å². The van der Waals surface area contributed by atoms with Crippen molar-refractivity contribution in [3.63, 3.8) is 0 Å². The third kappa shape index (κ3) is 8.01. The van der Waals surface area contributed by atoms with Crippen LogP contribution in [0.3, 0.4) is 0 Å². The van der Waals surface area contributed by atoms with Gasteiger partial charge >= 0.3 is 0 Å². The number of pyridine rings is 1. The van der Waals surface area contributed by atoms with Crippen LogP contribution in [0.5, 0.6) is 0 Å². The number of nitrogens with one attached hydrogen (secondary N) is 2. The number of nitrogens with zero attached hydrogens (tertiary/aromatic N) is 3. The van der Waals surface area contributed by atoms with E-state index >= 15 is 0 Å². The zero-order valence-electron chi connectivity index (χ0n) is 16.6. The molecule has 1 fully saturated rings. The molecule has 1 aliphatic rings. The maximum atomic E-state index is 10.3. The number of rotatable bonds is 7. The number of guanidine groups is 1. The van der Waals surface area contributed by atoms with E-state index in [0.29, 0.717) is 16.9 Å². The number of piperidine rings is 1. The lowest BCUT2D eigenvalue weighted by atomic mass is 10.0. The minimum atomic E-state index is -0.631. The van der Waals surface area contributed by atoms with Gasteiger partial charge in [-0.15, -0.1) is 35.3 Å². The van der Waals surface area contributed by atoms with Crippen molar-refractivity contribution in [1.82, 2.24) is 20.5 Å². The lowest BCUT2D eigenvalue weighted by molar-refractivity contribution is 0.189. The van der Waals surface area contributed by atoms with Gasteiger partial charge in [0.25, 0.3) is 0 Å². The summed E-state index contributed by atoms with van der Waals surface area (Å²) in [4.78, 5) is 12.3. The topological polar surface area (TPSA) is 72.8 Å². The summed E-state index contributed by atoms with van der Waals surface area (Å²) in [6.07, 6.45) is 3.33. The summed E-state index contributed by atoms with van der Waals surface area (Å²) in [6, 6.07) is 10.1. The molecule has 0 radical (unpaired) electrons. The van der Waals surface area contributed by atoms with Crippen LogP contribution in [0.25, 0.3) is 0 Å². The molecule has 0 bridgehead atoms. The molecule has 0 amide bonds. The summed E-state index contributed by atoms with van der Waals surface area (Å²) < 4.78 is 0.681. The summed E-state index contributed by atoms with van der Waals surface area (Å²) in [7, 11) is 0. The number of aromatic nitrogens is 1. The molecule has 1 saturated heterocycles.